The molecule has 1 aromatic carbocycles. The van der Waals surface area contributed by atoms with Crippen LogP contribution in [0, 0.1) is 0 Å². The van der Waals surface area contributed by atoms with Crippen molar-refractivity contribution in [2.24, 2.45) is 5.73 Å². The van der Waals surface area contributed by atoms with Crippen LogP contribution < -0.4 is 5.73 Å². The highest BCUT2D eigenvalue weighted by molar-refractivity contribution is 6.30. The first kappa shape index (κ1) is 16.3. The number of nitrogens with two attached hydrogens (primary N) is 1. The third-order valence-corrected chi connectivity index (χ3v) is 2.26. The van der Waals surface area contributed by atoms with Gasteiger partial charge in [0, 0.05) is 10.6 Å². The second-order valence-electron chi connectivity index (χ2n) is 3.22. The summed E-state index contributed by atoms with van der Waals surface area (Å²) >= 11 is 5.55. The highest BCUT2D eigenvalue weighted by Crippen LogP contribution is 2.33. The predicted molar refractivity (Wildman–Crippen MR) is 59.4 cm³/mol. The molecule has 3 nitrogen and oxygen atoms in total. The summed E-state index contributed by atoms with van der Waals surface area (Å²) in [5.41, 5.74) is 4.95. The Hall–Kier alpha value is -0.690. The lowest BCUT2D eigenvalue weighted by molar-refractivity contribution is -0.210. The number of aromatic hydroxyl groups is 1. The fourth-order valence-electron chi connectivity index (χ4n) is 1.17. The molecule has 0 aromatic heterocycles. The van der Waals surface area contributed by atoms with E-state index >= 15 is 0 Å². The van der Waals surface area contributed by atoms with E-state index in [9.17, 15) is 18.3 Å². The van der Waals surface area contributed by atoms with Gasteiger partial charge in [-0.05, 0) is 18.2 Å². The molecule has 0 spiro atoms. The van der Waals surface area contributed by atoms with Crippen LogP contribution in [0.1, 0.15) is 11.6 Å². The van der Waals surface area contributed by atoms with Crippen LogP contribution in [0.5, 0.6) is 5.75 Å². The summed E-state index contributed by atoms with van der Waals surface area (Å²) in [6.07, 6.45) is -7.61. The minimum absolute atomic E-state index is 0. The van der Waals surface area contributed by atoms with E-state index in [4.69, 9.17) is 22.4 Å². The monoisotopic (exact) mass is 291 g/mol. The second-order valence-corrected chi connectivity index (χ2v) is 3.65. The molecule has 0 aliphatic heterocycles. The molecule has 0 fully saturated rings. The number of phenols is 1. The van der Waals surface area contributed by atoms with E-state index in [1.54, 1.807) is 0 Å². The fraction of sp³-hybridized carbons (Fsp3) is 0.333. The lowest BCUT2D eigenvalue weighted by Gasteiger charge is -2.22. The van der Waals surface area contributed by atoms with Gasteiger partial charge in [-0.15, -0.1) is 12.4 Å². The van der Waals surface area contributed by atoms with Crippen LogP contribution in [0.25, 0.3) is 0 Å². The normalized spacial score (nSPS) is 14.9. The first-order valence-electron chi connectivity index (χ1n) is 4.22. The van der Waals surface area contributed by atoms with Crippen molar-refractivity contribution in [3.05, 3.63) is 28.8 Å². The fourth-order valence-corrected chi connectivity index (χ4v) is 1.35. The molecule has 0 saturated carbocycles. The lowest BCUT2D eigenvalue weighted by Crippen LogP contribution is -2.38. The zero-order valence-corrected chi connectivity index (χ0v) is 9.85. The third kappa shape index (κ3) is 3.92. The van der Waals surface area contributed by atoms with Crippen LogP contribution in [0.2, 0.25) is 5.02 Å². The highest BCUT2D eigenvalue weighted by atomic mass is 35.5. The van der Waals surface area contributed by atoms with E-state index in [2.05, 4.69) is 0 Å². The number of benzene rings is 1. The number of halogens is 5. The van der Waals surface area contributed by atoms with Gasteiger partial charge in [0.05, 0.1) is 6.04 Å². The highest BCUT2D eigenvalue weighted by Gasteiger charge is 2.43. The molecule has 0 saturated heterocycles. The summed E-state index contributed by atoms with van der Waals surface area (Å²) in [6.45, 7) is 0. The van der Waals surface area contributed by atoms with E-state index in [-0.39, 0.29) is 23.0 Å². The van der Waals surface area contributed by atoms with E-state index < -0.39 is 24.1 Å². The van der Waals surface area contributed by atoms with Crippen LogP contribution in [0.4, 0.5) is 13.2 Å². The van der Waals surface area contributed by atoms with Crippen LogP contribution in [0.15, 0.2) is 18.2 Å². The Morgan fingerprint density at radius 2 is 1.82 bits per heavy atom. The van der Waals surface area contributed by atoms with Crippen molar-refractivity contribution in [3.63, 3.8) is 0 Å². The van der Waals surface area contributed by atoms with E-state index in [0.29, 0.717) is 0 Å². The van der Waals surface area contributed by atoms with Crippen molar-refractivity contribution in [2.75, 3.05) is 0 Å². The molecular formula is C9H10Cl2F3NO2. The van der Waals surface area contributed by atoms with Gasteiger partial charge < -0.3 is 15.9 Å². The number of phenolic OH excluding ortho intramolecular Hbond substituents is 1. The van der Waals surface area contributed by atoms with Crippen molar-refractivity contribution in [1.29, 1.82) is 0 Å². The molecular weight excluding hydrogens is 282 g/mol. The quantitative estimate of drug-likeness (QED) is 0.784. The first-order valence-corrected chi connectivity index (χ1v) is 4.60. The van der Waals surface area contributed by atoms with Gasteiger partial charge in [0.15, 0.2) is 6.10 Å². The predicted octanol–water partition coefficient (Wildman–Crippen LogP) is 2.39. The molecule has 1 aromatic rings. The summed E-state index contributed by atoms with van der Waals surface area (Å²) in [5.74, 6) is -0.444. The van der Waals surface area contributed by atoms with Crippen LogP contribution in [-0.4, -0.2) is 22.5 Å². The Labute approximate surface area is 106 Å². The topological polar surface area (TPSA) is 66.5 Å². The van der Waals surface area contributed by atoms with Gasteiger partial charge in [0.25, 0.3) is 0 Å². The summed E-state index contributed by atoms with van der Waals surface area (Å²) in [4.78, 5) is 0. The number of alkyl halides is 3. The zero-order chi connectivity index (χ0) is 12.5. The van der Waals surface area contributed by atoms with Gasteiger partial charge in [-0.1, -0.05) is 11.6 Å². The van der Waals surface area contributed by atoms with Crippen molar-refractivity contribution in [3.8, 4) is 5.75 Å². The molecule has 0 aliphatic rings. The minimum Gasteiger partial charge on any atom is -0.508 e. The van der Waals surface area contributed by atoms with E-state index in [1.807, 2.05) is 0 Å². The molecule has 0 radical (unpaired) electrons. The second kappa shape index (κ2) is 5.77. The first-order chi connectivity index (χ1) is 7.23. The summed E-state index contributed by atoms with van der Waals surface area (Å²) in [7, 11) is 0. The zero-order valence-electron chi connectivity index (χ0n) is 8.28. The number of hydrogen-bond acceptors (Lipinski definition) is 3. The maximum absolute atomic E-state index is 12.2. The smallest absolute Gasteiger partial charge is 0.416 e. The van der Waals surface area contributed by atoms with Gasteiger partial charge in [0.1, 0.15) is 5.75 Å². The summed E-state index contributed by atoms with van der Waals surface area (Å²) < 4.78 is 36.5. The number of rotatable bonds is 2. The maximum atomic E-state index is 12.2. The molecule has 1 rings (SSSR count). The van der Waals surface area contributed by atoms with Gasteiger partial charge in [-0.25, -0.2) is 0 Å². The van der Waals surface area contributed by atoms with Crippen LogP contribution in [0.3, 0.4) is 0 Å². The van der Waals surface area contributed by atoms with Crippen LogP contribution >= 0.6 is 24.0 Å². The SMILES string of the molecule is Cl.N[C@@H](c1cc(Cl)ccc1O)[C@H](O)C(F)(F)F. The lowest BCUT2D eigenvalue weighted by atomic mass is 10.0. The van der Waals surface area contributed by atoms with Crippen LogP contribution in [-0.2, 0) is 0 Å². The maximum Gasteiger partial charge on any atom is 0.416 e. The number of hydrogen-bond donors (Lipinski definition) is 3. The Kier molecular flexibility index (Phi) is 5.54. The standard InChI is InChI=1S/C9H9ClF3NO2.ClH/c10-4-1-2-6(15)5(3-4)7(14)8(16)9(11,12)13;/h1-3,7-8,15-16H,14H2;1H/t7-,8-;/m0./s1. The van der Waals surface area contributed by atoms with Gasteiger partial charge in [0.2, 0.25) is 0 Å². The third-order valence-electron chi connectivity index (χ3n) is 2.02. The molecule has 4 N–H and O–H groups in total. The van der Waals surface area contributed by atoms with Gasteiger partial charge >= 0.3 is 6.18 Å². The van der Waals surface area contributed by atoms with E-state index in [1.165, 1.54) is 6.07 Å². The minimum atomic E-state index is -4.85. The molecule has 0 unspecified atom stereocenters. The average molecular weight is 292 g/mol. The molecule has 0 amide bonds. The summed E-state index contributed by atoms with van der Waals surface area (Å²) in [6, 6.07) is 1.71. The Bertz CT molecular complexity index is 387. The van der Waals surface area contributed by atoms with Gasteiger partial charge in [-0.3, -0.25) is 0 Å². The summed E-state index contributed by atoms with van der Waals surface area (Å²) in [5, 5.41) is 18.3. The molecule has 17 heavy (non-hydrogen) atoms. The molecule has 0 aliphatic carbocycles. The number of aliphatic hydroxyl groups excluding tert-OH is 1. The molecule has 0 heterocycles. The molecule has 98 valence electrons. The van der Waals surface area contributed by atoms with Crippen molar-refractivity contribution >= 4 is 24.0 Å². The van der Waals surface area contributed by atoms with Crippen molar-refractivity contribution in [2.45, 2.75) is 18.3 Å². The van der Waals surface area contributed by atoms with Crippen molar-refractivity contribution < 1.29 is 23.4 Å². The largest absolute Gasteiger partial charge is 0.508 e. The molecule has 8 heteroatoms. The van der Waals surface area contributed by atoms with Crippen molar-refractivity contribution in [1.82, 2.24) is 0 Å². The molecule has 0 bridgehead atoms. The molecule has 2 atom stereocenters. The Morgan fingerprint density at radius 3 is 2.29 bits per heavy atom. The average Bonchev–Trinajstić information content (AvgIpc) is 2.18. The Balaban J connectivity index is 0.00000256. The Morgan fingerprint density at radius 1 is 1.29 bits per heavy atom. The van der Waals surface area contributed by atoms with Gasteiger partial charge in [-0.2, -0.15) is 13.2 Å². The number of aliphatic hydroxyl groups is 1. The van der Waals surface area contributed by atoms with E-state index in [0.717, 1.165) is 12.1 Å².